The fourth-order valence-electron chi connectivity index (χ4n) is 1.56. The van der Waals surface area contributed by atoms with Gasteiger partial charge in [0.05, 0.1) is 17.2 Å². The first-order chi connectivity index (χ1) is 8.16. The number of nitrogens with one attached hydrogen (secondary N) is 1. The predicted octanol–water partition coefficient (Wildman–Crippen LogP) is 2.94. The smallest absolute Gasteiger partial charge is 0.263 e. The molecule has 1 aromatic carbocycles. The highest BCUT2D eigenvalue weighted by atomic mass is 32.1. The molecular weight excluding hydrogens is 232 g/mol. The van der Waals surface area contributed by atoms with Gasteiger partial charge in [0.1, 0.15) is 4.88 Å². The molecule has 1 unspecified atom stereocenters. The summed E-state index contributed by atoms with van der Waals surface area (Å²) >= 11 is 1.41. The van der Waals surface area contributed by atoms with Crippen molar-refractivity contribution >= 4 is 17.2 Å². The van der Waals surface area contributed by atoms with Crippen LogP contribution in [0.3, 0.4) is 0 Å². The van der Waals surface area contributed by atoms with Gasteiger partial charge in [-0.3, -0.25) is 4.79 Å². The molecule has 0 saturated heterocycles. The number of carbonyl (C=O) groups excluding carboxylic acids is 1. The van der Waals surface area contributed by atoms with E-state index in [0.717, 1.165) is 10.6 Å². The quantitative estimate of drug-likeness (QED) is 0.904. The maximum absolute atomic E-state index is 11.9. The van der Waals surface area contributed by atoms with Gasteiger partial charge in [-0.15, -0.1) is 11.3 Å². The highest BCUT2D eigenvalue weighted by Crippen LogP contribution is 2.15. The van der Waals surface area contributed by atoms with E-state index in [4.69, 9.17) is 0 Å². The van der Waals surface area contributed by atoms with E-state index in [9.17, 15) is 4.79 Å². The Morgan fingerprint density at radius 2 is 2.06 bits per heavy atom. The molecule has 1 heterocycles. The molecule has 0 bridgehead atoms. The minimum Gasteiger partial charge on any atom is -0.345 e. The molecule has 88 valence electrons. The number of amides is 1. The first-order valence-corrected chi connectivity index (χ1v) is 6.26. The van der Waals surface area contributed by atoms with E-state index >= 15 is 0 Å². The summed E-state index contributed by atoms with van der Waals surface area (Å²) in [5.41, 5.74) is 1.10. The normalized spacial score (nSPS) is 12.1. The van der Waals surface area contributed by atoms with Crippen molar-refractivity contribution in [3.05, 3.63) is 52.0 Å². The molecule has 1 N–H and O–H groups in total. The van der Waals surface area contributed by atoms with Crippen molar-refractivity contribution in [3.63, 3.8) is 0 Å². The number of hydrogen-bond donors (Lipinski definition) is 1. The zero-order valence-electron chi connectivity index (χ0n) is 9.81. The molecule has 2 aromatic rings. The SMILES string of the molecule is Cc1ncc(C(=O)NC(C)c2ccccc2)s1. The highest BCUT2D eigenvalue weighted by molar-refractivity contribution is 7.13. The van der Waals surface area contributed by atoms with Crippen molar-refractivity contribution in [1.82, 2.24) is 10.3 Å². The molecule has 1 amide bonds. The van der Waals surface area contributed by atoms with Crippen LogP contribution in [0, 0.1) is 6.92 Å². The molecule has 4 heteroatoms. The summed E-state index contributed by atoms with van der Waals surface area (Å²) in [5.74, 6) is -0.0630. The molecular formula is C13H14N2OS. The van der Waals surface area contributed by atoms with Gasteiger partial charge in [-0.05, 0) is 19.4 Å². The molecule has 0 aliphatic heterocycles. The van der Waals surface area contributed by atoms with Crippen molar-refractivity contribution in [2.75, 3.05) is 0 Å². The number of aromatic nitrogens is 1. The lowest BCUT2D eigenvalue weighted by atomic mass is 10.1. The maximum atomic E-state index is 11.9. The van der Waals surface area contributed by atoms with Gasteiger partial charge in [0.2, 0.25) is 0 Å². The Bertz CT molecular complexity index is 507. The fourth-order valence-corrected chi connectivity index (χ4v) is 2.24. The van der Waals surface area contributed by atoms with Crippen LogP contribution >= 0.6 is 11.3 Å². The van der Waals surface area contributed by atoms with E-state index in [1.54, 1.807) is 6.20 Å². The second-order valence-electron chi connectivity index (χ2n) is 3.85. The van der Waals surface area contributed by atoms with Crippen molar-refractivity contribution in [2.24, 2.45) is 0 Å². The van der Waals surface area contributed by atoms with Crippen molar-refractivity contribution in [2.45, 2.75) is 19.9 Å². The second kappa shape index (κ2) is 5.10. The van der Waals surface area contributed by atoms with Gasteiger partial charge in [-0.25, -0.2) is 4.98 Å². The number of rotatable bonds is 3. The molecule has 17 heavy (non-hydrogen) atoms. The Kier molecular flexibility index (Phi) is 3.54. The molecule has 1 aromatic heterocycles. The molecule has 2 rings (SSSR count). The second-order valence-corrected chi connectivity index (χ2v) is 5.08. The van der Waals surface area contributed by atoms with E-state index in [1.807, 2.05) is 44.2 Å². The Hall–Kier alpha value is -1.68. The summed E-state index contributed by atoms with van der Waals surface area (Å²) in [6.45, 7) is 3.86. The summed E-state index contributed by atoms with van der Waals surface area (Å²) in [6, 6.07) is 9.91. The van der Waals surface area contributed by atoms with Gasteiger partial charge >= 0.3 is 0 Å². The summed E-state index contributed by atoms with van der Waals surface area (Å²) in [5, 5.41) is 3.86. The van der Waals surface area contributed by atoms with E-state index in [1.165, 1.54) is 11.3 Å². The van der Waals surface area contributed by atoms with Crippen LogP contribution in [-0.2, 0) is 0 Å². The van der Waals surface area contributed by atoms with Crippen LogP contribution in [0.25, 0.3) is 0 Å². The first-order valence-electron chi connectivity index (χ1n) is 5.45. The van der Waals surface area contributed by atoms with E-state index in [-0.39, 0.29) is 11.9 Å². The lowest BCUT2D eigenvalue weighted by molar-refractivity contribution is 0.0944. The standard InChI is InChI=1S/C13H14N2OS/c1-9(11-6-4-3-5-7-11)15-13(16)12-8-14-10(2)17-12/h3-9H,1-2H3,(H,15,16). The Morgan fingerprint density at radius 1 is 1.35 bits per heavy atom. The molecule has 0 saturated carbocycles. The number of nitrogens with zero attached hydrogens (tertiary/aromatic N) is 1. The Labute approximate surface area is 105 Å². The van der Waals surface area contributed by atoms with Crippen molar-refractivity contribution < 1.29 is 4.79 Å². The van der Waals surface area contributed by atoms with Crippen LogP contribution in [-0.4, -0.2) is 10.9 Å². The van der Waals surface area contributed by atoms with Crippen LogP contribution in [0.2, 0.25) is 0 Å². The molecule has 0 fully saturated rings. The number of hydrogen-bond acceptors (Lipinski definition) is 3. The molecule has 0 radical (unpaired) electrons. The molecule has 1 atom stereocenters. The van der Waals surface area contributed by atoms with Gasteiger partial charge in [0.15, 0.2) is 0 Å². The van der Waals surface area contributed by atoms with Crippen molar-refractivity contribution in [1.29, 1.82) is 0 Å². The molecule has 3 nitrogen and oxygen atoms in total. The van der Waals surface area contributed by atoms with E-state index in [2.05, 4.69) is 10.3 Å². The number of aryl methyl sites for hydroxylation is 1. The van der Waals surface area contributed by atoms with Crippen molar-refractivity contribution in [3.8, 4) is 0 Å². The average Bonchev–Trinajstić information content (AvgIpc) is 2.77. The lowest BCUT2D eigenvalue weighted by Gasteiger charge is -2.13. The minimum absolute atomic E-state index is 0.00565. The van der Waals surface area contributed by atoms with Gasteiger partial charge in [-0.1, -0.05) is 30.3 Å². The summed E-state index contributed by atoms with van der Waals surface area (Å²) in [4.78, 5) is 16.6. The van der Waals surface area contributed by atoms with Gasteiger partial charge < -0.3 is 5.32 Å². The number of benzene rings is 1. The maximum Gasteiger partial charge on any atom is 0.263 e. The third-order valence-electron chi connectivity index (χ3n) is 2.49. The van der Waals surface area contributed by atoms with Crippen LogP contribution in [0.15, 0.2) is 36.5 Å². The van der Waals surface area contributed by atoms with Gasteiger partial charge in [0.25, 0.3) is 5.91 Å². The predicted molar refractivity (Wildman–Crippen MR) is 69.2 cm³/mol. The van der Waals surface area contributed by atoms with Crippen LogP contribution < -0.4 is 5.32 Å². The average molecular weight is 246 g/mol. The van der Waals surface area contributed by atoms with Gasteiger partial charge in [0, 0.05) is 0 Å². The molecule has 0 aliphatic rings. The van der Waals surface area contributed by atoms with Crippen LogP contribution in [0.1, 0.15) is 33.2 Å². The topological polar surface area (TPSA) is 42.0 Å². The fraction of sp³-hybridized carbons (Fsp3) is 0.231. The lowest BCUT2D eigenvalue weighted by Crippen LogP contribution is -2.25. The third-order valence-corrected chi connectivity index (χ3v) is 3.40. The monoisotopic (exact) mass is 246 g/mol. The van der Waals surface area contributed by atoms with Crippen LogP contribution in [0.5, 0.6) is 0 Å². The number of thiazole rings is 1. The Balaban J connectivity index is 2.04. The minimum atomic E-state index is -0.0630. The van der Waals surface area contributed by atoms with Crippen LogP contribution in [0.4, 0.5) is 0 Å². The Morgan fingerprint density at radius 3 is 2.65 bits per heavy atom. The summed E-state index contributed by atoms with van der Waals surface area (Å²) in [6.07, 6.45) is 1.62. The highest BCUT2D eigenvalue weighted by Gasteiger charge is 2.12. The third kappa shape index (κ3) is 2.91. The number of carbonyl (C=O) groups is 1. The first kappa shape index (κ1) is 11.8. The van der Waals surface area contributed by atoms with Gasteiger partial charge in [-0.2, -0.15) is 0 Å². The summed E-state index contributed by atoms with van der Waals surface area (Å²) in [7, 11) is 0. The molecule has 0 spiro atoms. The summed E-state index contributed by atoms with van der Waals surface area (Å²) < 4.78 is 0. The zero-order valence-corrected chi connectivity index (χ0v) is 10.6. The van der Waals surface area contributed by atoms with E-state index in [0.29, 0.717) is 4.88 Å². The molecule has 0 aliphatic carbocycles. The van der Waals surface area contributed by atoms with E-state index < -0.39 is 0 Å². The largest absolute Gasteiger partial charge is 0.345 e. The zero-order chi connectivity index (χ0) is 12.3.